The van der Waals surface area contributed by atoms with E-state index in [0.717, 1.165) is 17.3 Å². The maximum Gasteiger partial charge on any atom is 0.242 e. The number of alkyl halides is 1. The molecule has 5 heteroatoms. The largest absolute Gasteiger partial charge is 0.496 e. The van der Waals surface area contributed by atoms with Crippen LogP contribution in [0.3, 0.4) is 0 Å². The van der Waals surface area contributed by atoms with Crippen molar-refractivity contribution in [1.29, 1.82) is 0 Å². The Balaban J connectivity index is 2.07. The van der Waals surface area contributed by atoms with Crippen molar-refractivity contribution < 1.29 is 9.53 Å². The Morgan fingerprint density at radius 1 is 1.40 bits per heavy atom. The van der Waals surface area contributed by atoms with Crippen LogP contribution < -0.4 is 10.1 Å². The van der Waals surface area contributed by atoms with Gasteiger partial charge < -0.3 is 10.1 Å². The normalized spacial score (nSPS) is 17.6. The van der Waals surface area contributed by atoms with Crippen LogP contribution in [-0.2, 0) is 4.79 Å². The predicted molar refractivity (Wildman–Crippen MR) is 84.3 cm³/mol. The lowest BCUT2D eigenvalue weighted by Gasteiger charge is -2.24. The Bertz CT molecular complexity index is 475. The SMILES string of the molecule is COc1ccc(Br)cc1C(Cl)C(=O)NC1CCCCC1. The third kappa shape index (κ3) is 3.89. The molecule has 2 rings (SSSR count). The zero-order valence-electron chi connectivity index (χ0n) is 11.5. The van der Waals surface area contributed by atoms with E-state index in [1.807, 2.05) is 18.2 Å². The van der Waals surface area contributed by atoms with Crippen molar-refractivity contribution in [3.8, 4) is 5.75 Å². The number of hydrogen-bond donors (Lipinski definition) is 1. The number of halogens is 2. The second-order valence-electron chi connectivity index (χ2n) is 5.09. The third-order valence-electron chi connectivity index (χ3n) is 3.65. The fourth-order valence-corrected chi connectivity index (χ4v) is 3.18. The van der Waals surface area contributed by atoms with Crippen LogP contribution in [0.25, 0.3) is 0 Å². The van der Waals surface area contributed by atoms with Gasteiger partial charge in [-0.3, -0.25) is 4.79 Å². The molecule has 1 saturated carbocycles. The third-order valence-corrected chi connectivity index (χ3v) is 4.57. The van der Waals surface area contributed by atoms with E-state index in [1.54, 1.807) is 7.11 Å². The van der Waals surface area contributed by atoms with Gasteiger partial charge in [-0.2, -0.15) is 0 Å². The molecular weight excluding hydrogens is 342 g/mol. The average molecular weight is 361 g/mol. The molecule has 1 aromatic carbocycles. The van der Waals surface area contributed by atoms with Crippen LogP contribution in [0.4, 0.5) is 0 Å². The molecule has 1 aliphatic carbocycles. The van der Waals surface area contributed by atoms with Crippen molar-refractivity contribution in [2.24, 2.45) is 0 Å². The number of benzene rings is 1. The van der Waals surface area contributed by atoms with Gasteiger partial charge in [0.05, 0.1) is 7.11 Å². The summed E-state index contributed by atoms with van der Waals surface area (Å²) >= 11 is 9.71. The fraction of sp³-hybridized carbons (Fsp3) is 0.533. The second kappa shape index (κ2) is 7.32. The Hall–Kier alpha value is -0.740. The first-order valence-corrected chi connectivity index (χ1v) is 8.12. The molecule has 1 amide bonds. The molecule has 0 bridgehead atoms. The lowest BCUT2D eigenvalue weighted by Crippen LogP contribution is -2.38. The summed E-state index contributed by atoms with van der Waals surface area (Å²) in [4.78, 5) is 12.3. The number of hydrogen-bond acceptors (Lipinski definition) is 2. The van der Waals surface area contributed by atoms with Crippen molar-refractivity contribution in [2.75, 3.05) is 7.11 Å². The number of rotatable bonds is 4. The lowest BCUT2D eigenvalue weighted by atomic mass is 9.95. The molecule has 1 fully saturated rings. The monoisotopic (exact) mass is 359 g/mol. The molecule has 20 heavy (non-hydrogen) atoms. The van der Waals surface area contributed by atoms with Crippen molar-refractivity contribution in [3.63, 3.8) is 0 Å². The van der Waals surface area contributed by atoms with Gasteiger partial charge in [-0.25, -0.2) is 0 Å². The topological polar surface area (TPSA) is 38.3 Å². The first-order chi connectivity index (χ1) is 9.61. The quantitative estimate of drug-likeness (QED) is 0.818. The summed E-state index contributed by atoms with van der Waals surface area (Å²) in [7, 11) is 1.58. The van der Waals surface area contributed by atoms with E-state index >= 15 is 0 Å². The molecule has 0 radical (unpaired) electrons. The molecular formula is C15H19BrClNO2. The second-order valence-corrected chi connectivity index (χ2v) is 6.44. The zero-order valence-corrected chi connectivity index (χ0v) is 13.8. The highest BCUT2D eigenvalue weighted by Gasteiger charge is 2.24. The molecule has 0 spiro atoms. The maximum atomic E-state index is 12.3. The zero-order chi connectivity index (χ0) is 14.5. The highest BCUT2D eigenvalue weighted by molar-refractivity contribution is 9.10. The number of nitrogens with one attached hydrogen (secondary N) is 1. The molecule has 1 aromatic rings. The van der Waals surface area contributed by atoms with Gasteiger partial charge in [-0.15, -0.1) is 11.6 Å². The summed E-state index contributed by atoms with van der Waals surface area (Å²) in [5.74, 6) is 0.488. The minimum Gasteiger partial charge on any atom is -0.496 e. The number of methoxy groups -OCH3 is 1. The highest BCUT2D eigenvalue weighted by Crippen LogP contribution is 2.32. The summed E-state index contributed by atoms with van der Waals surface area (Å²) in [5.41, 5.74) is 0.692. The van der Waals surface area contributed by atoms with Gasteiger partial charge in [-0.1, -0.05) is 35.2 Å². The first-order valence-electron chi connectivity index (χ1n) is 6.89. The van der Waals surface area contributed by atoms with Crippen LogP contribution in [0, 0.1) is 0 Å². The van der Waals surface area contributed by atoms with Gasteiger partial charge in [0.2, 0.25) is 5.91 Å². The van der Waals surface area contributed by atoms with Crippen LogP contribution in [0.2, 0.25) is 0 Å². The van der Waals surface area contributed by atoms with E-state index in [-0.39, 0.29) is 11.9 Å². The van der Waals surface area contributed by atoms with E-state index in [0.29, 0.717) is 11.3 Å². The minimum atomic E-state index is -0.732. The van der Waals surface area contributed by atoms with Crippen LogP contribution in [0.1, 0.15) is 43.0 Å². The van der Waals surface area contributed by atoms with E-state index in [2.05, 4.69) is 21.2 Å². The number of amides is 1. The molecule has 0 aliphatic heterocycles. The molecule has 1 atom stereocenters. The molecule has 1 unspecified atom stereocenters. The van der Waals surface area contributed by atoms with Gasteiger partial charge in [0, 0.05) is 16.1 Å². The predicted octanol–water partition coefficient (Wildman–Crippen LogP) is 4.19. The van der Waals surface area contributed by atoms with Crippen molar-refractivity contribution >= 4 is 33.4 Å². The van der Waals surface area contributed by atoms with Crippen LogP contribution in [-0.4, -0.2) is 19.1 Å². The summed E-state index contributed by atoms with van der Waals surface area (Å²) in [6, 6.07) is 5.76. The molecule has 0 saturated heterocycles. The maximum absolute atomic E-state index is 12.3. The standard InChI is InChI=1S/C15H19BrClNO2/c1-20-13-8-7-10(16)9-12(13)14(17)15(19)18-11-5-3-2-4-6-11/h7-9,11,14H,2-6H2,1H3,(H,18,19). The van der Waals surface area contributed by atoms with Gasteiger partial charge in [0.15, 0.2) is 0 Å². The van der Waals surface area contributed by atoms with Crippen LogP contribution >= 0.6 is 27.5 Å². The summed E-state index contributed by atoms with van der Waals surface area (Å²) in [6.07, 6.45) is 5.71. The lowest BCUT2D eigenvalue weighted by molar-refractivity contribution is -0.121. The van der Waals surface area contributed by atoms with E-state index in [9.17, 15) is 4.79 Å². The number of carbonyl (C=O) groups is 1. The van der Waals surface area contributed by atoms with E-state index < -0.39 is 5.38 Å². The fourth-order valence-electron chi connectivity index (χ4n) is 2.57. The smallest absolute Gasteiger partial charge is 0.242 e. The molecule has 1 aliphatic rings. The first kappa shape index (κ1) is 15.6. The van der Waals surface area contributed by atoms with Crippen LogP contribution in [0.15, 0.2) is 22.7 Å². The minimum absolute atomic E-state index is 0.144. The Morgan fingerprint density at radius 2 is 2.10 bits per heavy atom. The Morgan fingerprint density at radius 3 is 2.75 bits per heavy atom. The van der Waals surface area contributed by atoms with Crippen LogP contribution in [0.5, 0.6) is 5.75 Å². The molecule has 0 aromatic heterocycles. The van der Waals surface area contributed by atoms with Gasteiger partial charge in [0.25, 0.3) is 0 Å². The molecule has 110 valence electrons. The Labute approximate surface area is 133 Å². The Kier molecular flexibility index (Phi) is 5.73. The van der Waals surface area contributed by atoms with Gasteiger partial charge in [-0.05, 0) is 31.0 Å². The van der Waals surface area contributed by atoms with Gasteiger partial charge in [0.1, 0.15) is 11.1 Å². The average Bonchev–Trinajstić information content (AvgIpc) is 2.47. The summed E-state index contributed by atoms with van der Waals surface area (Å²) < 4.78 is 6.16. The highest BCUT2D eigenvalue weighted by atomic mass is 79.9. The molecule has 1 N–H and O–H groups in total. The van der Waals surface area contributed by atoms with Gasteiger partial charge >= 0.3 is 0 Å². The summed E-state index contributed by atoms with van der Waals surface area (Å²) in [6.45, 7) is 0. The number of carbonyl (C=O) groups excluding carboxylic acids is 1. The molecule has 3 nitrogen and oxygen atoms in total. The summed E-state index contributed by atoms with van der Waals surface area (Å²) in [5, 5.41) is 2.31. The molecule has 0 heterocycles. The van der Waals surface area contributed by atoms with Crippen molar-refractivity contribution in [3.05, 3.63) is 28.2 Å². The van der Waals surface area contributed by atoms with Crippen molar-refractivity contribution in [2.45, 2.75) is 43.5 Å². The van der Waals surface area contributed by atoms with Crippen molar-refractivity contribution in [1.82, 2.24) is 5.32 Å². The van der Waals surface area contributed by atoms with E-state index in [1.165, 1.54) is 19.3 Å². The van der Waals surface area contributed by atoms with E-state index in [4.69, 9.17) is 16.3 Å². The number of ether oxygens (including phenoxy) is 1.